The summed E-state index contributed by atoms with van der Waals surface area (Å²) in [6, 6.07) is 18.0. The van der Waals surface area contributed by atoms with Crippen LogP contribution in [0.4, 0.5) is 5.69 Å². The van der Waals surface area contributed by atoms with E-state index in [2.05, 4.69) is 45.4 Å². The van der Waals surface area contributed by atoms with E-state index in [-0.39, 0.29) is 23.4 Å². The zero-order valence-electron chi connectivity index (χ0n) is 18.5. The minimum Gasteiger partial charge on any atom is -0.507 e. The number of carbonyl (C=O) groups is 1. The second-order valence-corrected chi connectivity index (χ2v) is 9.15. The van der Waals surface area contributed by atoms with Gasteiger partial charge in [0.05, 0.1) is 4.47 Å². The van der Waals surface area contributed by atoms with Gasteiger partial charge in [-0.2, -0.15) is 0 Å². The van der Waals surface area contributed by atoms with E-state index in [0.717, 1.165) is 5.56 Å². The molecular formula is C25H22BrN3O4S. The molecule has 0 saturated carbocycles. The normalized spacial score (nSPS) is 10.9. The molecule has 0 aliphatic carbocycles. The third-order valence-corrected chi connectivity index (χ3v) is 5.85. The van der Waals surface area contributed by atoms with Crippen molar-refractivity contribution in [2.75, 3.05) is 11.9 Å². The number of ether oxygens (including phenoxy) is 1. The number of aromatic nitrogens is 1. The molecular weight excluding hydrogens is 518 g/mol. The van der Waals surface area contributed by atoms with Crippen molar-refractivity contribution in [3.8, 4) is 23.0 Å². The Labute approximate surface area is 210 Å². The number of fused-ring (bicyclic) bond motifs is 1. The number of nitrogens with one attached hydrogen (secondary N) is 2. The van der Waals surface area contributed by atoms with Crippen LogP contribution in [0, 0.1) is 0 Å². The Balaban J connectivity index is 1.34. The van der Waals surface area contributed by atoms with Crippen molar-refractivity contribution in [1.82, 2.24) is 10.3 Å². The number of rotatable bonds is 6. The smallest absolute Gasteiger partial charge is 0.264 e. The molecule has 0 bridgehead atoms. The molecule has 3 aromatic carbocycles. The first-order valence-electron chi connectivity index (χ1n) is 10.5. The zero-order valence-corrected chi connectivity index (χ0v) is 20.9. The number of phenolic OH excluding ortho intramolecular Hbond substituents is 1. The van der Waals surface area contributed by atoms with Gasteiger partial charge in [0, 0.05) is 11.3 Å². The first kappa shape index (κ1) is 23.7. The van der Waals surface area contributed by atoms with Gasteiger partial charge in [-0.25, -0.2) is 4.98 Å². The van der Waals surface area contributed by atoms with E-state index in [1.807, 2.05) is 24.3 Å². The summed E-state index contributed by atoms with van der Waals surface area (Å²) in [5, 5.41) is 15.4. The van der Waals surface area contributed by atoms with E-state index in [1.165, 1.54) is 5.56 Å². The minimum absolute atomic E-state index is 0.135. The van der Waals surface area contributed by atoms with Crippen LogP contribution in [0.5, 0.6) is 11.5 Å². The van der Waals surface area contributed by atoms with Gasteiger partial charge in [0.2, 0.25) is 5.89 Å². The van der Waals surface area contributed by atoms with Crippen LogP contribution in [0.15, 0.2) is 69.6 Å². The Morgan fingerprint density at radius 1 is 1.15 bits per heavy atom. The summed E-state index contributed by atoms with van der Waals surface area (Å²) >= 11 is 8.54. The van der Waals surface area contributed by atoms with Gasteiger partial charge in [-0.1, -0.05) is 26.0 Å². The number of phenols is 1. The van der Waals surface area contributed by atoms with Crippen LogP contribution >= 0.6 is 28.1 Å². The number of hydrogen-bond donors (Lipinski definition) is 3. The van der Waals surface area contributed by atoms with Gasteiger partial charge in [-0.05, 0) is 88.2 Å². The molecule has 0 aliphatic heterocycles. The molecule has 7 nitrogen and oxygen atoms in total. The molecule has 9 heteroatoms. The fourth-order valence-corrected chi connectivity index (χ4v) is 3.80. The largest absolute Gasteiger partial charge is 0.507 e. The maximum atomic E-state index is 12.2. The molecule has 0 spiro atoms. The molecule has 1 heterocycles. The fourth-order valence-electron chi connectivity index (χ4n) is 3.19. The molecule has 4 aromatic rings. The molecule has 0 unspecified atom stereocenters. The van der Waals surface area contributed by atoms with Crippen LogP contribution in [-0.2, 0) is 4.79 Å². The van der Waals surface area contributed by atoms with Gasteiger partial charge >= 0.3 is 0 Å². The number of aromatic hydroxyl groups is 1. The van der Waals surface area contributed by atoms with Crippen molar-refractivity contribution >= 4 is 56.0 Å². The molecule has 1 aromatic heterocycles. The Bertz CT molecular complexity index is 1350. The average Bonchev–Trinajstić information content (AvgIpc) is 3.23. The Morgan fingerprint density at radius 3 is 2.62 bits per heavy atom. The van der Waals surface area contributed by atoms with Gasteiger partial charge in [0.15, 0.2) is 17.3 Å². The summed E-state index contributed by atoms with van der Waals surface area (Å²) in [6.07, 6.45) is 0. The highest BCUT2D eigenvalue weighted by atomic mass is 79.9. The van der Waals surface area contributed by atoms with E-state index >= 15 is 0 Å². The number of oxazole rings is 1. The van der Waals surface area contributed by atoms with E-state index in [1.54, 1.807) is 36.4 Å². The molecule has 1 amide bonds. The number of halogens is 1. The number of amides is 1. The average molecular weight is 540 g/mol. The third-order valence-electron chi connectivity index (χ3n) is 5.01. The molecule has 0 atom stereocenters. The van der Waals surface area contributed by atoms with Crippen molar-refractivity contribution < 1.29 is 19.1 Å². The molecule has 34 heavy (non-hydrogen) atoms. The van der Waals surface area contributed by atoms with Gasteiger partial charge in [0.25, 0.3) is 5.91 Å². The lowest BCUT2D eigenvalue weighted by molar-refractivity contribution is -0.121. The molecule has 0 fully saturated rings. The van der Waals surface area contributed by atoms with Crippen LogP contribution in [0.2, 0.25) is 0 Å². The maximum absolute atomic E-state index is 12.2. The van der Waals surface area contributed by atoms with Crippen molar-refractivity contribution in [2.24, 2.45) is 0 Å². The van der Waals surface area contributed by atoms with Crippen LogP contribution in [0.3, 0.4) is 0 Å². The number of carbonyl (C=O) groups excluding carboxylic acids is 1. The summed E-state index contributed by atoms with van der Waals surface area (Å²) in [5.74, 6) is 1.23. The molecule has 4 rings (SSSR count). The first-order chi connectivity index (χ1) is 16.3. The number of hydrogen-bond acceptors (Lipinski definition) is 6. The quantitative estimate of drug-likeness (QED) is 0.259. The van der Waals surface area contributed by atoms with Gasteiger partial charge < -0.3 is 19.6 Å². The maximum Gasteiger partial charge on any atom is 0.264 e. The summed E-state index contributed by atoms with van der Waals surface area (Å²) in [6.45, 7) is 4.08. The molecule has 3 N–H and O–H groups in total. The van der Waals surface area contributed by atoms with Crippen molar-refractivity contribution in [3.05, 3.63) is 70.7 Å². The molecule has 174 valence electrons. The Hall–Kier alpha value is -3.43. The number of nitrogens with zero attached hydrogens (tertiary/aromatic N) is 1. The highest BCUT2D eigenvalue weighted by molar-refractivity contribution is 9.10. The van der Waals surface area contributed by atoms with Crippen LogP contribution in [-0.4, -0.2) is 27.7 Å². The topological polar surface area (TPSA) is 96.6 Å². The second-order valence-electron chi connectivity index (χ2n) is 7.88. The Kier molecular flexibility index (Phi) is 7.14. The SMILES string of the molecule is CC(C)c1ccc(OCC(=O)NC(=S)Nc2ccc3oc(-c4ccc(O)c(Br)c4)nc3c2)cc1. The lowest BCUT2D eigenvalue weighted by Gasteiger charge is -2.11. The van der Waals surface area contributed by atoms with Crippen molar-refractivity contribution in [2.45, 2.75) is 19.8 Å². The van der Waals surface area contributed by atoms with E-state index in [4.69, 9.17) is 21.4 Å². The van der Waals surface area contributed by atoms with E-state index < -0.39 is 0 Å². The summed E-state index contributed by atoms with van der Waals surface area (Å²) in [4.78, 5) is 16.7. The lowest BCUT2D eigenvalue weighted by Crippen LogP contribution is -2.37. The molecule has 0 radical (unpaired) electrons. The summed E-state index contributed by atoms with van der Waals surface area (Å²) in [7, 11) is 0. The van der Waals surface area contributed by atoms with Gasteiger partial charge in [0.1, 0.15) is 17.0 Å². The first-order valence-corrected chi connectivity index (χ1v) is 11.7. The highest BCUT2D eigenvalue weighted by Gasteiger charge is 2.12. The van der Waals surface area contributed by atoms with Gasteiger partial charge in [-0.3, -0.25) is 10.1 Å². The van der Waals surface area contributed by atoms with Crippen molar-refractivity contribution in [3.63, 3.8) is 0 Å². The van der Waals surface area contributed by atoms with Crippen LogP contribution < -0.4 is 15.4 Å². The van der Waals surface area contributed by atoms with Gasteiger partial charge in [-0.15, -0.1) is 0 Å². The predicted molar refractivity (Wildman–Crippen MR) is 139 cm³/mol. The molecule has 0 aliphatic rings. The summed E-state index contributed by atoms with van der Waals surface area (Å²) in [5.41, 5.74) is 3.78. The predicted octanol–water partition coefficient (Wildman–Crippen LogP) is 5.98. The lowest BCUT2D eigenvalue weighted by atomic mass is 10.0. The highest BCUT2D eigenvalue weighted by Crippen LogP contribution is 2.31. The van der Waals surface area contributed by atoms with E-state index in [9.17, 15) is 9.90 Å². The summed E-state index contributed by atoms with van der Waals surface area (Å²) < 4.78 is 11.9. The number of thiocarbonyl (C=S) groups is 1. The standard InChI is InChI=1S/C25H22BrN3O4S/c1-14(2)15-3-7-18(8-4-15)32-13-23(31)29-25(34)27-17-6-10-22-20(12-17)28-24(33-22)16-5-9-21(30)19(26)11-16/h3-12,14,30H,13H2,1-2H3,(H2,27,29,31,34). The molecule has 0 saturated heterocycles. The zero-order chi connectivity index (χ0) is 24.2. The third kappa shape index (κ3) is 5.73. The van der Waals surface area contributed by atoms with Crippen LogP contribution in [0.25, 0.3) is 22.6 Å². The monoisotopic (exact) mass is 539 g/mol. The van der Waals surface area contributed by atoms with E-state index in [0.29, 0.717) is 38.8 Å². The minimum atomic E-state index is -0.367. The van der Waals surface area contributed by atoms with Crippen LogP contribution in [0.1, 0.15) is 25.3 Å². The van der Waals surface area contributed by atoms with Crippen molar-refractivity contribution in [1.29, 1.82) is 0 Å². The second kappa shape index (κ2) is 10.2. The fraction of sp³-hybridized carbons (Fsp3) is 0.160. The number of anilines is 1. The Morgan fingerprint density at radius 2 is 1.91 bits per heavy atom. The number of benzene rings is 3.